The lowest BCUT2D eigenvalue weighted by Crippen LogP contribution is -2.44. The highest BCUT2D eigenvalue weighted by molar-refractivity contribution is 5.44. The van der Waals surface area contributed by atoms with Crippen LogP contribution in [-0.4, -0.2) is 12.6 Å². The predicted molar refractivity (Wildman–Crippen MR) is 118 cm³/mol. The fourth-order valence-corrected chi connectivity index (χ4v) is 4.48. The molecule has 0 aromatic heterocycles. The Morgan fingerprint density at radius 3 is 1.81 bits per heavy atom. The second kappa shape index (κ2) is 7.80. The fourth-order valence-electron chi connectivity index (χ4n) is 4.48. The molecule has 1 aliphatic rings. The summed E-state index contributed by atoms with van der Waals surface area (Å²) in [5.74, 6) is 0.738. The van der Waals surface area contributed by atoms with E-state index in [1.807, 2.05) is 0 Å². The van der Waals surface area contributed by atoms with Gasteiger partial charge >= 0.3 is 0 Å². The summed E-state index contributed by atoms with van der Waals surface area (Å²) in [6, 6.07) is 19.3. The Balaban J connectivity index is 2.04. The van der Waals surface area contributed by atoms with Crippen LogP contribution in [-0.2, 0) is 17.3 Å². The predicted octanol–water partition coefficient (Wildman–Crippen LogP) is 6.24. The van der Waals surface area contributed by atoms with Gasteiger partial charge in [-0.2, -0.15) is 0 Å². The van der Waals surface area contributed by atoms with Gasteiger partial charge in [-0.3, -0.25) is 0 Å². The topological polar surface area (TPSA) is 12.0 Å². The van der Waals surface area contributed by atoms with Gasteiger partial charge in [0.15, 0.2) is 0 Å². The van der Waals surface area contributed by atoms with Crippen molar-refractivity contribution in [1.82, 2.24) is 5.32 Å². The van der Waals surface area contributed by atoms with Crippen LogP contribution in [0.1, 0.15) is 76.6 Å². The van der Waals surface area contributed by atoms with Crippen molar-refractivity contribution >= 4 is 0 Å². The Morgan fingerprint density at radius 2 is 1.37 bits per heavy atom. The molecule has 0 saturated carbocycles. The third-order valence-electron chi connectivity index (χ3n) is 7.16. The zero-order chi connectivity index (χ0) is 19.7. The van der Waals surface area contributed by atoms with Crippen LogP contribution in [0.2, 0.25) is 0 Å². The van der Waals surface area contributed by atoms with E-state index in [-0.39, 0.29) is 10.8 Å². The summed E-state index contributed by atoms with van der Waals surface area (Å²) in [5, 5.41) is 3.83. The first kappa shape index (κ1) is 20.1. The molecule has 0 bridgehead atoms. The molecule has 3 unspecified atom stereocenters. The first-order valence-corrected chi connectivity index (χ1v) is 10.7. The summed E-state index contributed by atoms with van der Waals surface area (Å²) in [7, 11) is 0. The zero-order valence-corrected chi connectivity index (χ0v) is 18.1. The summed E-state index contributed by atoms with van der Waals surface area (Å²) >= 11 is 0. The summed E-state index contributed by atoms with van der Waals surface area (Å²) in [6.07, 6.45) is 3.48. The van der Waals surface area contributed by atoms with Gasteiger partial charge in [0.2, 0.25) is 0 Å². The van der Waals surface area contributed by atoms with E-state index in [1.165, 1.54) is 28.7 Å². The Labute approximate surface area is 166 Å². The average molecular weight is 364 g/mol. The van der Waals surface area contributed by atoms with Crippen LogP contribution in [0.3, 0.4) is 0 Å². The molecule has 1 nitrogen and oxygen atoms in total. The molecule has 2 aromatic rings. The van der Waals surface area contributed by atoms with E-state index in [9.17, 15) is 0 Å². The van der Waals surface area contributed by atoms with Crippen LogP contribution < -0.4 is 5.32 Å². The van der Waals surface area contributed by atoms with Crippen molar-refractivity contribution in [3.05, 3.63) is 70.8 Å². The standard InChI is InChI=1S/C26H37N/c1-7-20-9-11-22(12-10-20)26(6,24-17-19(3)18-27-24)23-15-13-21(14-16-23)25(4,5)8-2/h9-16,19,24,27H,7-8,17-18H2,1-6H3. The molecule has 1 heteroatoms. The SMILES string of the molecule is CCc1ccc(C(C)(c2ccc(C(C)(C)CC)cc2)C2CC(C)CN2)cc1. The zero-order valence-electron chi connectivity index (χ0n) is 18.1. The summed E-state index contributed by atoms with van der Waals surface area (Å²) in [4.78, 5) is 0. The summed E-state index contributed by atoms with van der Waals surface area (Å²) < 4.78 is 0. The lowest BCUT2D eigenvalue weighted by atomic mass is 9.69. The van der Waals surface area contributed by atoms with Crippen molar-refractivity contribution in [2.45, 2.75) is 77.7 Å². The molecule has 0 amide bonds. The molecule has 3 atom stereocenters. The molecule has 0 aliphatic carbocycles. The molecule has 1 aliphatic heterocycles. The van der Waals surface area contributed by atoms with Gasteiger partial charge in [-0.15, -0.1) is 0 Å². The quantitative estimate of drug-likeness (QED) is 0.640. The highest BCUT2D eigenvalue weighted by atomic mass is 15.0. The minimum Gasteiger partial charge on any atom is -0.312 e. The molecular formula is C26H37N. The van der Waals surface area contributed by atoms with Gasteiger partial charge < -0.3 is 5.32 Å². The van der Waals surface area contributed by atoms with Crippen LogP contribution in [0.5, 0.6) is 0 Å². The fraction of sp³-hybridized carbons (Fsp3) is 0.538. The Kier molecular flexibility index (Phi) is 5.82. The van der Waals surface area contributed by atoms with E-state index < -0.39 is 0 Å². The van der Waals surface area contributed by atoms with E-state index in [0.29, 0.717) is 6.04 Å². The molecule has 0 spiro atoms. The Hall–Kier alpha value is -1.60. The van der Waals surface area contributed by atoms with Crippen molar-refractivity contribution in [3.63, 3.8) is 0 Å². The van der Waals surface area contributed by atoms with Crippen molar-refractivity contribution in [1.29, 1.82) is 0 Å². The van der Waals surface area contributed by atoms with Gasteiger partial charge in [-0.05, 0) is 66.3 Å². The molecule has 1 N–H and O–H groups in total. The highest BCUT2D eigenvalue weighted by Crippen LogP contribution is 2.40. The van der Waals surface area contributed by atoms with E-state index >= 15 is 0 Å². The summed E-state index contributed by atoms with van der Waals surface area (Å²) in [5.41, 5.74) is 5.92. The normalized spacial score (nSPS) is 22.6. The minimum absolute atomic E-state index is 0.00802. The number of hydrogen-bond donors (Lipinski definition) is 1. The maximum absolute atomic E-state index is 3.83. The number of nitrogens with one attached hydrogen (secondary N) is 1. The molecular weight excluding hydrogens is 326 g/mol. The molecule has 146 valence electrons. The van der Waals surface area contributed by atoms with Crippen molar-refractivity contribution in [2.24, 2.45) is 5.92 Å². The maximum atomic E-state index is 3.83. The lowest BCUT2D eigenvalue weighted by Gasteiger charge is -2.38. The van der Waals surface area contributed by atoms with Gasteiger partial charge in [0.05, 0.1) is 0 Å². The Bertz CT molecular complexity index is 741. The molecule has 1 fully saturated rings. The van der Waals surface area contributed by atoms with Gasteiger partial charge in [0, 0.05) is 11.5 Å². The van der Waals surface area contributed by atoms with Crippen molar-refractivity contribution in [3.8, 4) is 0 Å². The average Bonchev–Trinajstić information content (AvgIpc) is 3.14. The first-order chi connectivity index (χ1) is 12.8. The molecule has 0 radical (unpaired) electrons. The second-order valence-corrected chi connectivity index (χ2v) is 9.37. The minimum atomic E-state index is -0.00802. The monoisotopic (exact) mass is 363 g/mol. The third-order valence-corrected chi connectivity index (χ3v) is 7.16. The van der Waals surface area contributed by atoms with E-state index in [2.05, 4.69) is 95.4 Å². The third kappa shape index (κ3) is 3.85. The van der Waals surface area contributed by atoms with Crippen molar-refractivity contribution in [2.75, 3.05) is 6.54 Å². The van der Waals surface area contributed by atoms with Crippen LogP contribution in [0.25, 0.3) is 0 Å². The van der Waals surface area contributed by atoms with E-state index in [0.717, 1.165) is 25.3 Å². The number of hydrogen-bond acceptors (Lipinski definition) is 1. The first-order valence-electron chi connectivity index (χ1n) is 10.7. The van der Waals surface area contributed by atoms with E-state index in [1.54, 1.807) is 0 Å². The summed E-state index contributed by atoms with van der Waals surface area (Å²) in [6.45, 7) is 15.1. The van der Waals surface area contributed by atoms with E-state index in [4.69, 9.17) is 0 Å². The smallest absolute Gasteiger partial charge is 0.0327 e. The molecule has 2 aromatic carbocycles. The van der Waals surface area contributed by atoms with Gasteiger partial charge in [-0.1, -0.05) is 83.1 Å². The Morgan fingerprint density at radius 1 is 0.852 bits per heavy atom. The van der Waals surface area contributed by atoms with Crippen LogP contribution in [0.15, 0.2) is 48.5 Å². The molecule has 1 saturated heterocycles. The molecule has 1 heterocycles. The van der Waals surface area contributed by atoms with Crippen molar-refractivity contribution < 1.29 is 0 Å². The van der Waals surface area contributed by atoms with Crippen LogP contribution in [0, 0.1) is 5.92 Å². The maximum Gasteiger partial charge on any atom is 0.0327 e. The largest absolute Gasteiger partial charge is 0.312 e. The number of benzene rings is 2. The van der Waals surface area contributed by atoms with Gasteiger partial charge in [0.1, 0.15) is 0 Å². The van der Waals surface area contributed by atoms with Crippen LogP contribution >= 0.6 is 0 Å². The lowest BCUT2D eigenvalue weighted by molar-refractivity contribution is 0.399. The van der Waals surface area contributed by atoms with Gasteiger partial charge in [-0.25, -0.2) is 0 Å². The highest BCUT2D eigenvalue weighted by Gasteiger charge is 2.41. The molecule has 27 heavy (non-hydrogen) atoms. The number of aryl methyl sites for hydroxylation is 1. The number of rotatable bonds is 6. The molecule has 3 rings (SSSR count). The van der Waals surface area contributed by atoms with Crippen LogP contribution in [0.4, 0.5) is 0 Å². The second-order valence-electron chi connectivity index (χ2n) is 9.37. The van der Waals surface area contributed by atoms with Gasteiger partial charge in [0.25, 0.3) is 0 Å².